The van der Waals surface area contributed by atoms with Crippen LogP contribution in [0.3, 0.4) is 0 Å². The third kappa shape index (κ3) is 3.69. The average Bonchev–Trinajstić information content (AvgIpc) is 2.73. The number of benzene rings is 1. The largest absolute Gasteiger partial charge is 0.321 e. The fraction of sp³-hybridized carbons (Fsp3) is 0.130. The Morgan fingerprint density at radius 1 is 1.00 bits per heavy atom. The van der Waals surface area contributed by atoms with Crippen molar-refractivity contribution >= 4 is 34.1 Å². The van der Waals surface area contributed by atoms with Crippen molar-refractivity contribution in [2.45, 2.75) is 13.8 Å². The molecule has 0 fully saturated rings. The van der Waals surface area contributed by atoms with E-state index in [4.69, 9.17) is 11.6 Å². The minimum absolute atomic E-state index is 0.112. The molecule has 1 amide bonds. The maximum Gasteiger partial charge on any atom is 0.274 e. The fourth-order valence-electron chi connectivity index (χ4n) is 3.35. The highest BCUT2D eigenvalue weighted by Crippen LogP contribution is 2.27. The minimum atomic E-state index is -0.354. The third-order valence-electron chi connectivity index (χ3n) is 4.99. The number of fused-ring (bicyclic) bond motifs is 1. The van der Waals surface area contributed by atoms with E-state index in [1.807, 2.05) is 32.0 Å². The van der Waals surface area contributed by atoms with E-state index in [2.05, 4.69) is 15.3 Å². The second kappa shape index (κ2) is 7.72. The first-order valence-corrected chi connectivity index (χ1v) is 9.71. The predicted molar refractivity (Wildman–Crippen MR) is 119 cm³/mol. The number of nitrogens with zero attached hydrogens (tertiary/aromatic N) is 3. The molecule has 0 saturated carbocycles. The van der Waals surface area contributed by atoms with Crippen LogP contribution in [-0.2, 0) is 7.05 Å². The number of aromatic nitrogens is 3. The SMILES string of the molecule is Cc1cc2c(cn1)cc(-c1cc(NC(=O)c3ccc(Cl)cn3)ccc1C)c(=O)n2C. The Balaban J connectivity index is 1.76. The van der Waals surface area contributed by atoms with E-state index in [9.17, 15) is 9.59 Å². The van der Waals surface area contributed by atoms with Crippen LogP contribution in [0.25, 0.3) is 22.0 Å². The molecule has 0 aliphatic carbocycles. The highest BCUT2D eigenvalue weighted by atomic mass is 35.5. The number of hydrogen-bond donors (Lipinski definition) is 1. The Hall–Kier alpha value is -3.51. The van der Waals surface area contributed by atoms with Crippen LogP contribution in [0.2, 0.25) is 5.02 Å². The van der Waals surface area contributed by atoms with Crippen LogP contribution in [0.15, 0.2) is 59.7 Å². The molecule has 4 aromatic rings. The zero-order valence-electron chi connectivity index (χ0n) is 16.7. The van der Waals surface area contributed by atoms with Gasteiger partial charge in [-0.25, -0.2) is 4.98 Å². The molecule has 0 saturated heterocycles. The molecule has 4 rings (SSSR count). The molecule has 0 spiro atoms. The molecule has 7 heteroatoms. The fourth-order valence-corrected chi connectivity index (χ4v) is 3.46. The van der Waals surface area contributed by atoms with Crippen LogP contribution in [0.1, 0.15) is 21.7 Å². The molecule has 3 aromatic heterocycles. The number of halogens is 1. The highest BCUT2D eigenvalue weighted by Gasteiger charge is 2.14. The lowest BCUT2D eigenvalue weighted by Gasteiger charge is -2.13. The molecule has 0 aliphatic heterocycles. The van der Waals surface area contributed by atoms with Gasteiger partial charge in [0.25, 0.3) is 11.5 Å². The summed E-state index contributed by atoms with van der Waals surface area (Å²) in [6.45, 7) is 3.82. The number of carbonyl (C=O) groups is 1. The quantitative estimate of drug-likeness (QED) is 0.530. The Morgan fingerprint density at radius 3 is 2.53 bits per heavy atom. The van der Waals surface area contributed by atoms with Crippen molar-refractivity contribution in [3.05, 3.63) is 87.2 Å². The van der Waals surface area contributed by atoms with Gasteiger partial charge < -0.3 is 9.88 Å². The lowest BCUT2D eigenvalue weighted by atomic mass is 9.99. The Bertz CT molecular complexity index is 1340. The molecule has 1 aromatic carbocycles. The molecule has 0 atom stereocenters. The van der Waals surface area contributed by atoms with E-state index in [0.717, 1.165) is 27.7 Å². The summed E-state index contributed by atoms with van der Waals surface area (Å²) in [4.78, 5) is 33.9. The Kier molecular flexibility index (Phi) is 5.10. The van der Waals surface area contributed by atoms with Crippen molar-refractivity contribution in [2.75, 3.05) is 5.32 Å². The Morgan fingerprint density at radius 2 is 1.80 bits per heavy atom. The zero-order valence-corrected chi connectivity index (χ0v) is 17.5. The van der Waals surface area contributed by atoms with Gasteiger partial charge in [0.2, 0.25) is 0 Å². The molecule has 30 heavy (non-hydrogen) atoms. The van der Waals surface area contributed by atoms with Crippen molar-refractivity contribution in [1.29, 1.82) is 0 Å². The summed E-state index contributed by atoms with van der Waals surface area (Å²) in [6.07, 6.45) is 3.19. The first-order chi connectivity index (χ1) is 14.3. The van der Waals surface area contributed by atoms with Crippen molar-refractivity contribution in [3.63, 3.8) is 0 Å². The van der Waals surface area contributed by atoms with Crippen molar-refractivity contribution in [1.82, 2.24) is 14.5 Å². The number of nitrogens with one attached hydrogen (secondary N) is 1. The third-order valence-corrected chi connectivity index (χ3v) is 5.21. The molecule has 0 bridgehead atoms. The van der Waals surface area contributed by atoms with E-state index >= 15 is 0 Å². The van der Waals surface area contributed by atoms with E-state index < -0.39 is 0 Å². The summed E-state index contributed by atoms with van der Waals surface area (Å²) in [5, 5.41) is 4.16. The predicted octanol–water partition coefficient (Wildman–Crippen LogP) is 4.52. The minimum Gasteiger partial charge on any atom is -0.321 e. The van der Waals surface area contributed by atoms with Crippen molar-refractivity contribution in [2.24, 2.45) is 7.05 Å². The first-order valence-electron chi connectivity index (χ1n) is 9.34. The van der Waals surface area contributed by atoms with Gasteiger partial charge in [-0.15, -0.1) is 0 Å². The number of carbonyl (C=O) groups excluding carboxylic acids is 1. The molecule has 0 aliphatic rings. The van der Waals surface area contributed by atoms with E-state index in [0.29, 0.717) is 16.3 Å². The normalized spacial score (nSPS) is 10.9. The van der Waals surface area contributed by atoms with Gasteiger partial charge in [0.15, 0.2) is 0 Å². The van der Waals surface area contributed by atoms with Crippen LogP contribution in [-0.4, -0.2) is 20.4 Å². The smallest absolute Gasteiger partial charge is 0.274 e. The van der Waals surface area contributed by atoms with Crippen LogP contribution >= 0.6 is 11.6 Å². The van der Waals surface area contributed by atoms with E-state index in [1.54, 1.807) is 42.1 Å². The molecule has 150 valence electrons. The van der Waals surface area contributed by atoms with Gasteiger partial charge in [-0.05, 0) is 61.4 Å². The monoisotopic (exact) mass is 418 g/mol. The van der Waals surface area contributed by atoms with Crippen LogP contribution < -0.4 is 10.9 Å². The number of hydrogen-bond acceptors (Lipinski definition) is 4. The van der Waals surface area contributed by atoms with Crippen molar-refractivity contribution < 1.29 is 4.79 Å². The number of pyridine rings is 3. The molecule has 3 heterocycles. The molecular formula is C23H19ClN4O2. The zero-order chi connectivity index (χ0) is 21.4. The summed E-state index contributed by atoms with van der Waals surface area (Å²) in [7, 11) is 1.75. The van der Waals surface area contributed by atoms with Gasteiger partial charge in [0.1, 0.15) is 5.69 Å². The standard InChI is InChI=1S/C23H19ClN4O2/c1-13-4-6-17(27-22(29)20-7-5-16(24)12-26-20)10-18(13)19-9-15-11-25-14(2)8-21(15)28(3)23(19)30/h4-12H,1-3H3,(H,27,29). The maximum atomic E-state index is 13.1. The van der Waals surface area contributed by atoms with Crippen molar-refractivity contribution in [3.8, 4) is 11.1 Å². The highest BCUT2D eigenvalue weighted by molar-refractivity contribution is 6.30. The lowest BCUT2D eigenvalue weighted by Crippen LogP contribution is -2.19. The Labute approximate surface area is 178 Å². The molecule has 0 unspecified atom stereocenters. The summed E-state index contributed by atoms with van der Waals surface area (Å²) >= 11 is 5.83. The number of aryl methyl sites for hydroxylation is 3. The van der Waals surface area contributed by atoms with Gasteiger partial charge in [-0.1, -0.05) is 17.7 Å². The second-order valence-corrected chi connectivity index (χ2v) is 7.59. The van der Waals surface area contributed by atoms with Gasteiger partial charge >= 0.3 is 0 Å². The number of rotatable bonds is 3. The van der Waals surface area contributed by atoms with Gasteiger partial charge in [0.05, 0.1) is 10.5 Å². The maximum absolute atomic E-state index is 13.1. The lowest BCUT2D eigenvalue weighted by molar-refractivity contribution is 0.102. The molecule has 1 N–H and O–H groups in total. The van der Waals surface area contributed by atoms with Crippen LogP contribution in [0.5, 0.6) is 0 Å². The molecule has 6 nitrogen and oxygen atoms in total. The number of anilines is 1. The van der Waals surface area contributed by atoms with Crippen LogP contribution in [0, 0.1) is 13.8 Å². The number of amides is 1. The summed E-state index contributed by atoms with van der Waals surface area (Å²) < 4.78 is 1.63. The van der Waals surface area contributed by atoms with Gasteiger partial charge in [-0.3, -0.25) is 14.6 Å². The summed E-state index contributed by atoms with van der Waals surface area (Å²) in [5.41, 5.74) is 4.61. The van der Waals surface area contributed by atoms with E-state index in [1.165, 1.54) is 6.20 Å². The van der Waals surface area contributed by atoms with Gasteiger partial charge in [0, 0.05) is 41.8 Å². The average molecular weight is 419 g/mol. The first kappa shape index (κ1) is 19.8. The molecular weight excluding hydrogens is 400 g/mol. The summed E-state index contributed by atoms with van der Waals surface area (Å²) in [6, 6.07) is 12.4. The second-order valence-electron chi connectivity index (χ2n) is 7.15. The van der Waals surface area contributed by atoms with E-state index in [-0.39, 0.29) is 17.2 Å². The topological polar surface area (TPSA) is 76.9 Å². The summed E-state index contributed by atoms with van der Waals surface area (Å²) in [5.74, 6) is -0.354. The van der Waals surface area contributed by atoms with Gasteiger partial charge in [-0.2, -0.15) is 0 Å². The molecule has 0 radical (unpaired) electrons. The van der Waals surface area contributed by atoms with Crippen LogP contribution in [0.4, 0.5) is 5.69 Å².